The van der Waals surface area contributed by atoms with E-state index in [9.17, 15) is 13.2 Å². The fraction of sp³-hybridized carbons (Fsp3) is 0.409. The van der Waals surface area contributed by atoms with E-state index >= 15 is 0 Å². The summed E-state index contributed by atoms with van der Waals surface area (Å²) in [6.07, 6.45) is 0. The number of sulfonamides is 1. The summed E-state index contributed by atoms with van der Waals surface area (Å²) < 4.78 is 27.0. The standard InChI is InChI=1S/C22H28N2O3S2/c1-17-4-6-21(7-5-17)29(26,27)24-10-8-23(9-11-24)22(25)16-28-15-20-13-18(2)12-19(3)14-20/h4-7,12-14H,8-11,15-16H2,1-3H3. The Bertz CT molecular complexity index is 944. The molecule has 1 aliphatic heterocycles. The number of carbonyl (C=O) groups is 1. The number of carbonyl (C=O) groups excluding carboxylic acids is 1. The summed E-state index contributed by atoms with van der Waals surface area (Å²) in [4.78, 5) is 14.6. The van der Waals surface area contributed by atoms with E-state index in [1.165, 1.54) is 21.0 Å². The molecular formula is C22H28N2O3S2. The topological polar surface area (TPSA) is 57.7 Å². The molecule has 0 atom stereocenters. The van der Waals surface area contributed by atoms with Crippen molar-refractivity contribution < 1.29 is 13.2 Å². The summed E-state index contributed by atoms with van der Waals surface area (Å²) in [5.41, 5.74) is 4.72. The average Bonchev–Trinajstić information content (AvgIpc) is 2.67. The Morgan fingerprint density at radius 1 is 0.897 bits per heavy atom. The van der Waals surface area contributed by atoms with E-state index in [-0.39, 0.29) is 5.91 Å². The Hall–Kier alpha value is -1.83. The van der Waals surface area contributed by atoms with Crippen LogP contribution in [-0.2, 0) is 20.6 Å². The molecule has 2 aromatic carbocycles. The monoisotopic (exact) mass is 432 g/mol. The third kappa shape index (κ3) is 5.62. The van der Waals surface area contributed by atoms with Crippen molar-refractivity contribution in [1.29, 1.82) is 0 Å². The molecular weight excluding hydrogens is 404 g/mol. The van der Waals surface area contributed by atoms with Crippen LogP contribution in [0.3, 0.4) is 0 Å². The molecule has 5 nitrogen and oxygen atoms in total. The van der Waals surface area contributed by atoms with Gasteiger partial charge in [-0.15, -0.1) is 11.8 Å². The first-order valence-electron chi connectivity index (χ1n) is 9.75. The van der Waals surface area contributed by atoms with Crippen LogP contribution in [0, 0.1) is 20.8 Å². The number of piperazine rings is 1. The van der Waals surface area contributed by atoms with E-state index in [1.54, 1.807) is 40.9 Å². The van der Waals surface area contributed by atoms with Gasteiger partial charge in [-0.05, 0) is 38.5 Å². The van der Waals surface area contributed by atoms with Gasteiger partial charge in [-0.1, -0.05) is 47.0 Å². The number of amides is 1. The van der Waals surface area contributed by atoms with Crippen molar-refractivity contribution in [2.75, 3.05) is 31.9 Å². The minimum atomic E-state index is -3.50. The highest BCUT2D eigenvalue weighted by Gasteiger charge is 2.29. The second-order valence-electron chi connectivity index (χ2n) is 7.59. The number of rotatable bonds is 6. The van der Waals surface area contributed by atoms with Gasteiger partial charge in [0, 0.05) is 31.9 Å². The lowest BCUT2D eigenvalue weighted by Crippen LogP contribution is -2.50. The van der Waals surface area contributed by atoms with E-state index in [4.69, 9.17) is 0 Å². The maximum atomic E-state index is 12.8. The number of nitrogens with zero attached hydrogens (tertiary/aromatic N) is 2. The quantitative estimate of drug-likeness (QED) is 0.702. The molecule has 0 radical (unpaired) electrons. The van der Waals surface area contributed by atoms with Crippen molar-refractivity contribution >= 4 is 27.7 Å². The number of hydrogen-bond acceptors (Lipinski definition) is 4. The maximum Gasteiger partial charge on any atom is 0.243 e. The van der Waals surface area contributed by atoms with Crippen molar-refractivity contribution in [2.24, 2.45) is 0 Å². The first-order chi connectivity index (χ1) is 13.8. The van der Waals surface area contributed by atoms with Gasteiger partial charge in [-0.3, -0.25) is 4.79 Å². The molecule has 0 aromatic heterocycles. The Morgan fingerprint density at radius 3 is 2.07 bits per heavy atom. The molecule has 3 rings (SSSR count). The van der Waals surface area contributed by atoms with Crippen LogP contribution in [0.25, 0.3) is 0 Å². The molecule has 1 fully saturated rings. The van der Waals surface area contributed by atoms with Crippen molar-refractivity contribution in [2.45, 2.75) is 31.4 Å². The van der Waals surface area contributed by atoms with Gasteiger partial charge < -0.3 is 4.90 Å². The molecule has 2 aromatic rings. The summed E-state index contributed by atoms with van der Waals surface area (Å²) in [6.45, 7) is 7.64. The van der Waals surface area contributed by atoms with Crippen molar-refractivity contribution in [3.8, 4) is 0 Å². The Morgan fingerprint density at radius 2 is 1.48 bits per heavy atom. The van der Waals surface area contributed by atoms with E-state index < -0.39 is 10.0 Å². The first-order valence-corrected chi connectivity index (χ1v) is 12.3. The van der Waals surface area contributed by atoms with Crippen molar-refractivity contribution in [1.82, 2.24) is 9.21 Å². The lowest BCUT2D eigenvalue weighted by molar-refractivity contribution is -0.129. The maximum absolute atomic E-state index is 12.8. The van der Waals surface area contributed by atoms with E-state index in [0.29, 0.717) is 36.8 Å². The van der Waals surface area contributed by atoms with Crippen LogP contribution >= 0.6 is 11.8 Å². The Balaban J connectivity index is 1.49. The zero-order chi connectivity index (χ0) is 21.0. The van der Waals surface area contributed by atoms with Crippen LogP contribution in [0.15, 0.2) is 47.4 Å². The number of thioether (sulfide) groups is 1. The normalized spacial score (nSPS) is 15.5. The lowest BCUT2D eigenvalue weighted by atomic mass is 10.1. The zero-order valence-electron chi connectivity index (χ0n) is 17.2. The first kappa shape index (κ1) is 21.9. The summed E-state index contributed by atoms with van der Waals surface area (Å²) in [5, 5.41) is 0. The highest BCUT2D eigenvalue weighted by molar-refractivity contribution is 7.99. The number of hydrogen-bond donors (Lipinski definition) is 0. The van der Waals surface area contributed by atoms with E-state index in [2.05, 4.69) is 32.0 Å². The van der Waals surface area contributed by atoms with Gasteiger partial charge in [-0.25, -0.2) is 8.42 Å². The van der Waals surface area contributed by atoms with Gasteiger partial charge in [-0.2, -0.15) is 4.31 Å². The average molecular weight is 433 g/mol. The summed E-state index contributed by atoms with van der Waals surface area (Å²) >= 11 is 1.61. The predicted molar refractivity (Wildman–Crippen MR) is 119 cm³/mol. The Kier molecular flexibility index (Phi) is 7.03. The minimum absolute atomic E-state index is 0.0757. The fourth-order valence-electron chi connectivity index (χ4n) is 3.54. The molecule has 156 valence electrons. The minimum Gasteiger partial charge on any atom is -0.339 e. The molecule has 1 aliphatic rings. The second-order valence-corrected chi connectivity index (χ2v) is 10.5. The second kappa shape index (κ2) is 9.32. The predicted octanol–water partition coefficient (Wildman–Crippen LogP) is 3.38. The van der Waals surface area contributed by atoms with Crippen LogP contribution in [0.4, 0.5) is 0 Å². The molecule has 7 heteroatoms. The SMILES string of the molecule is Cc1ccc(S(=O)(=O)N2CCN(C(=O)CSCc3cc(C)cc(C)c3)CC2)cc1. The third-order valence-electron chi connectivity index (χ3n) is 5.03. The molecule has 0 aliphatic carbocycles. The van der Waals surface area contributed by atoms with Gasteiger partial charge in [0.2, 0.25) is 15.9 Å². The van der Waals surface area contributed by atoms with Gasteiger partial charge in [0.25, 0.3) is 0 Å². The molecule has 0 unspecified atom stereocenters. The molecule has 29 heavy (non-hydrogen) atoms. The van der Waals surface area contributed by atoms with Crippen LogP contribution < -0.4 is 0 Å². The van der Waals surface area contributed by atoms with Crippen molar-refractivity contribution in [3.05, 3.63) is 64.7 Å². The van der Waals surface area contributed by atoms with Crippen LogP contribution in [0.2, 0.25) is 0 Å². The molecule has 1 amide bonds. The van der Waals surface area contributed by atoms with E-state index in [0.717, 1.165) is 11.3 Å². The van der Waals surface area contributed by atoms with Crippen LogP contribution in [0.5, 0.6) is 0 Å². The van der Waals surface area contributed by atoms with Crippen LogP contribution in [0.1, 0.15) is 22.3 Å². The van der Waals surface area contributed by atoms with E-state index in [1.807, 2.05) is 6.92 Å². The molecule has 0 saturated carbocycles. The van der Waals surface area contributed by atoms with Gasteiger partial charge in [0.15, 0.2) is 0 Å². The largest absolute Gasteiger partial charge is 0.339 e. The highest BCUT2D eigenvalue weighted by atomic mass is 32.2. The lowest BCUT2D eigenvalue weighted by Gasteiger charge is -2.34. The summed E-state index contributed by atoms with van der Waals surface area (Å²) in [5.74, 6) is 1.29. The summed E-state index contributed by atoms with van der Waals surface area (Å²) in [7, 11) is -3.50. The number of aryl methyl sites for hydroxylation is 3. The highest BCUT2D eigenvalue weighted by Crippen LogP contribution is 2.20. The molecule has 0 bridgehead atoms. The fourth-order valence-corrected chi connectivity index (χ4v) is 5.82. The molecule has 0 N–H and O–H groups in total. The third-order valence-corrected chi connectivity index (χ3v) is 7.93. The van der Waals surface area contributed by atoms with Gasteiger partial charge in [0.05, 0.1) is 10.6 Å². The Labute approximate surface area is 178 Å². The zero-order valence-corrected chi connectivity index (χ0v) is 18.9. The molecule has 1 heterocycles. The summed E-state index contributed by atoms with van der Waals surface area (Å²) in [6, 6.07) is 13.3. The van der Waals surface area contributed by atoms with Crippen molar-refractivity contribution in [3.63, 3.8) is 0 Å². The van der Waals surface area contributed by atoms with Gasteiger partial charge >= 0.3 is 0 Å². The molecule has 1 saturated heterocycles. The smallest absolute Gasteiger partial charge is 0.243 e. The van der Waals surface area contributed by atoms with Crippen LogP contribution in [-0.4, -0.2) is 55.5 Å². The molecule has 0 spiro atoms. The number of benzene rings is 2. The van der Waals surface area contributed by atoms with Gasteiger partial charge in [0.1, 0.15) is 0 Å².